The van der Waals surface area contributed by atoms with Crippen LogP contribution in [0.3, 0.4) is 0 Å². The fraction of sp³-hybridized carbons (Fsp3) is 0.227. The van der Waals surface area contributed by atoms with Crippen molar-refractivity contribution in [3.63, 3.8) is 0 Å². The van der Waals surface area contributed by atoms with Crippen LogP contribution in [0.25, 0.3) is 11.2 Å². The lowest BCUT2D eigenvalue weighted by Gasteiger charge is -2.15. The Kier molecular flexibility index (Phi) is 6.31. The standard InChI is InChI=1S/C22H23N7O4/c1-14-5-7-17(8-6-14)33-13-16(30)12-29-18-19(28(2)22(32)26-20(18)31)25-21(29)27-24-11-15-4-3-9-23-10-15/h3-11,16,30H,12-13H2,1-2H3,(H,25,27)(H,26,31,32)/b24-11+. The van der Waals surface area contributed by atoms with Crippen molar-refractivity contribution in [1.82, 2.24) is 24.1 Å². The van der Waals surface area contributed by atoms with E-state index in [1.807, 2.05) is 37.3 Å². The third kappa shape index (κ3) is 4.99. The number of benzene rings is 1. The van der Waals surface area contributed by atoms with Crippen LogP contribution >= 0.6 is 0 Å². The number of rotatable bonds is 8. The second-order valence-electron chi connectivity index (χ2n) is 7.47. The van der Waals surface area contributed by atoms with Crippen molar-refractivity contribution in [2.24, 2.45) is 12.1 Å². The molecule has 0 bridgehead atoms. The number of aliphatic hydroxyl groups is 1. The highest BCUT2D eigenvalue weighted by Crippen LogP contribution is 2.17. The van der Waals surface area contributed by atoms with Crippen molar-refractivity contribution >= 4 is 23.3 Å². The van der Waals surface area contributed by atoms with Gasteiger partial charge in [0, 0.05) is 25.0 Å². The van der Waals surface area contributed by atoms with Crippen LogP contribution in [0.2, 0.25) is 0 Å². The van der Waals surface area contributed by atoms with E-state index in [1.165, 1.54) is 22.4 Å². The van der Waals surface area contributed by atoms with Crippen molar-refractivity contribution in [2.75, 3.05) is 12.0 Å². The number of aryl methyl sites for hydroxylation is 2. The highest BCUT2D eigenvalue weighted by atomic mass is 16.5. The quantitative estimate of drug-likeness (QED) is 0.269. The molecule has 1 atom stereocenters. The molecule has 0 fully saturated rings. The van der Waals surface area contributed by atoms with Gasteiger partial charge in [-0.25, -0.2) is 10.2 Å². The Bertz CT molecular complexity index is 1390. The van der Waals surface area contributed by atoms with Crippen molar-refractivity contribution in [3.05, 3.63) is 80.8 Å². The summed E-state index contributed by atoms with van der Waals surface area (Å²) in [6.07, 6.45) is 3.85. The second kappa shape index (κ2) is 9.49. The summed E-state index contributed by atoms with van der Waals surface area (Å²) in [7, 11) is 1.50. The highest BCUT2D eigenvalue weighted by molar-refractivity contribution is 5.80. The Morgan fingerprint density at radius 3 is 2.79 bits per heavy atom. The van der Waals surface area contributed by atoms with Gasteiger partial charge in [0.15, 0.2) is 11.2 Å². The average Bonchev–Trinajstić information content (AvgIpc) is 3.16. The number of hydrogen-bond acceptors (Lipinski definition) is 8. The summed E-state index contributed by atoms with van der Waals surface area (Å²) in [6, 6.07) is 11.0. The molecule has 0 aliphatic carbocycles. The van der Waals surface area contributed by atoms with Crippen molar-refractivity contribution in [1.29, 1.82) is 0 Å². The van der Waals surface area contributed by atoms with E-state index in [4.69, 9.17) is 4.74 Å². The Balaban J connectivity index is 1.61. The Hall–Kier alpha value is -4.25. The van der Waals surface area contributed by atoms with Gasteiger partial charge in [0.1, 0.15) is 18.5 Å². The number of imidazole rings is 1. The summed E-state index contributed by atoms with van der Waals surface area (Å²) in [5, 5.41) is 14.8. The normalized spacial score (nSPS) is 12.3. The number of hydrogen-bond donors (Lipinski definition) is 3. The number of aliphatic hydroxyl groups excluding tert-OH is 1. The summed E-state index contributed by atoms with van der Waals surface area (Å²) in [5.41, 5.74) is 3.72. The zero-order chi connectivity index (χ0) is 23.4. The number of anilines is 1. The Morgan fingerprint density at radius 1 is 1.27 bits per heavy atom. The van der Waals surface area contributed by atoms with Gasteiger partial charge in [-0.05, 0) is 25.1 Å². The van der Waals surface area contributed by atoms with E-state index in [0.29, 0.717) is 5.75 Å². The Morgan fingerprint density at radius 2 is 2.06 bits per heavy atom. The number of nitrogens with one attached hydrogen (secondary N) is 2. The molecule has 0 aliphatic rings. The monoisotopic (exact) mass is 449 g/mol. The molecule has 3 heterocycles. The van der Waals surface area contributed by atoms with E-state index in [1.54, 1.807) is 18.5 Å². The lowest BCUT2D eigenvalue weighted by Crippen LogP contribution is -2.30. The van der Waals surface area contributed by atoms with Gasteiger partial charge in [-0.3, -0.25) is 19.3 Å². The first-order chi connectivity index (χ1) is 15.9. The summed E-state index contributed by atoms with van der Waals surface area (Å²) in [5.74, 6) is 0.807. The zero-order valence-electron chi connectivity index (χ0n) is 18.1. The number of aromatic amines is 1. The van der Waals surface area contributed by atoms with E-state index in [2.05, 4.69) is 25.5 Å². The van der Waals surface area contributed by atoms with Crippen molar-refractivity contribution in [2.45, 2.75) is 19.6 Å². The van der Waals surface area contributed by atoms with Crippen molar-refractivity contribution in [3.8, 4) is 5.75 Å². The maximum absolute atomic E-state index is 12.6. The first-order valence-electron chi connectivity index (χ1n) is 10.2. The molecule has 0 amide bonds. The van der Waals surface area contributed by atoms with E-state index < -0.39 is 17.4 Å². The minimum Gasteiger partial charge on any atom is -0.491 e. The lowest BCUT2D eigenvalue weighted by molar-refractivity contribution is 0.0938. The van der Waals surface area contributed by atoms with Crippen molar-refractivity contribution < 1.29 is 9.84 Å². The van der Waals surface area contributed by atoms with Gasteiger partial charge in [-0.2, -0.15) is 10.1 Å². The van der Waals surface area contributed by atoms with Gasteiger partial charge in [-0.1, -0.05) is 23.8 Å². The largest absolute Gasteiger partial charge is 0.491 e. The van der Waals surface area contributed by atoms with Crippen LogP contribution in [-0.2, 0) is 13.6 Å². The number of nitrogens with zero attached hydrogens (tertiary/aromatic N) is 5. The first-order valence-corrected chi connectivity index (χ1v) is 10.2. The molecule has 0 aliphatic heterocycles. The van der Waals surface area contributed by atoms with Gasteiger partial charge < -0.3 is 14.4 Å². The SMILES string of the molecule is Cc1ccc(OCC(O)Cn2c(N/N=C/c3cccnc3)nc3c2c(=O)[nH]c(=O)n3C)cc1. The molecule has 3 aromatic heterocycles. The summed E-state index contributed by atoms with van der Waals surface area (Å²) in [4.78, 5) is 35.2. The molecule has 0 saturated carbocycles. The summed E-state index contributed by atoms with van der Waals surface area (Å²) < 4.78 is 8.34. The molecule has 0 spiro atoms. The molecule has 4 rings (SSSR count). The molecule has 33 heavy (non-hydrogen) atoms. The first kappa shape index (κ1) is 22.0. The molecule has 170 valence electrons. The molecule has 1 aromatic carbocycles. The summed E-state index contributed by atoms with van der Waals surface area (Å²) >= 11 is 0. The highest BCUT2D eigenvalue weighted by Gasteiger charge is 2.20. The maximum atomic E-state index is 12.6. The van der Waals surface area contributed by atoms with E-state index >= 15 is 0 Å². The Labute approximate surface area is 188 Å². The molecule has 0 radical (unpaired) electrons. The predicted octanol–water partition coefficient (Wildman–Crippen LogP) is 1.01. The van der Waals surface area contributed by atoms with E-state index in [9.17, 15) is 14.7 Å². The van der Waals surface area contributed by atoms with Crippen LogP contribution in [0, 0.1) is 6.92 Å². The molecular formula is C22H23N7O4. The van der Waals surface area contributed by atoms with Crippen LogP contribution in [0.5, 0.6) is 5.75 Å². The van der Waals surface area contributed by atoms with Gasteiger partial charge in [-0.15, -0.1) is 0 Å². The van der Waals surface area contributed by atoms with Gasteiger partial charge in [0.2, 0.25) is 5.95 Å². The molecule has 4 aromatic rings. The minimum atomic E-state index is -0.969. The number of fused-ring (bicyclic) bond motifs is 1. The van der Waals surface area contributed by atoms with Crippen LogP contribution in [0.4, 0.5) is 5.95 Å². The molecule has 11 heteroatoms. The van der Waals surface area contributed by atoms with E-state index in [0.717, 1.165) is 11.1 Å². The smallest absolute Gasteiger partial charge is 0.329 e. The fourth-order valence-corrected chi connectivity index (χ4v) is 3.20. The average molecular weight is 449 g/mol. The molecule has 3 N–H and O–H groups in total. The predicted molar refractivity (Wildman–Crippen MR) is 124 cm³/mol. The number of pyridine rings is 1. The van der Waals surface area contributed by atoms with Crippen LogP contribution in [0.15, 0.2) is 63.5 Å². The van der Waals surface area contributed by atoms with Crippen LogP contribution < -0.4 is 21.4 Å². The number of ether oxygens (including phenoxy) is 1. The molecular weight excluding hydrogens is 426 g/mol. The molecule has 0 saturated heterocycles. The van der Waals surface area contributed by atoms with Crippen LogP contribution in [0.1, 0.15) is 11.1 Å². The third-order valence-electron chi connectivity index (χ3n) is 4.93. The number of hydrazone groups is 1. The zero-order valence-corrected chi connectivity index (χ0v) is 18.1. The fourth-order valence-electron chi connectivity index (χ4n) is 3.20. The second-order valence-corrected chi connectivity index (χ2v) is 7.47. The minimum absolute atomic E-state index is 0.00913. The summed E-state index contributed by atoms with van der Waals surface area (Å²) in [6.45, 7) is 1.94. The molecule has 1 unspecified atom stereocenters. The molecule has 11 nitrogen and oxygen atoms in total. The third-order valence-corrected chi connectivity index (χ3v) is 4.93. The lowest BCUT2D eigenvalue weighted by atomic mass is 10.2. The van der Waals surface area contributed by atoms with Crippen LogP contribution in [-0.4, -0.2) is 48.1 Å². The van der Waals surface area contributed by atoms with E-state index in [-0.39, 0.29) is 30.3 Å². The number of aromatic nitrogens is 5. The van der Waals surface area contributed by atoms with Gasteiger partial charge in [0.05, 0.1) is 12.8 Å². The topological polar surface area (TPSA) is 139 Å². The van der Waals surface area contributed by atoms with Gasteiger partial charge >= 0.3 is 5.69 Å². The number of H-pyrrole nitrogens is 1. The van der Waals surface area contributed by atoms with Gasteiger partial charge in [0.25, 0.3) is 5.56 Å². The maximum Gasteiger partial charge on any atom is 0.329 e.